The van der Waals surface area contributed by atoms with Crippen LogP contribution in [0.3, 0.4) is 0 Å². The second-order valence-electron chi connectivity index (χ2n) is 9.66. The van der Waals surface area contributed by atoms with Crippen molar-refractivity contribution in [2.75, 3.05) is 44.7 Å². The fourth-order valence-corrected chi connectivity index (χ4v) is 5.26. The molecule has 2 amide bonds. The van der Waals surface area contributed by atoms with Gasteiger partial charge in [-0.2, -0.15) is 0 Å². The molecule has 0 radical (unpaired) electrons. The number of nitrogens with zero attached hydrogens (tertiary/aromatic N) is 5. The van der Waals surface area contributed by atoms with E-state index in [0.717, 1.165) is 51.4 Å². The predicted octanol–water partition coefficient (Wildman–Crippen LogP) is 3.40. The highest BCUT2D eigenvalue weighted by Crippen LogP contribution is 2.23. The third-order valence-electron chi connectivity index (χ3n) is 7.10. The number of piperidine rings is 1. The van der Waals surface area contributed by atoms with E-state index >= 15 is 0 Å². The summed E-state index contributed by atoms with van der Waals surface area (Å²) >= 11 is 0. The minimum absolute atomic E-state index is 0.0483. The molecule has 3 heterocycles. The van der Waals surface area contributed by atoms with Gasteiger partial charge in [0.05, 0.1) is 25.2 Å². The molecule has 2 aromatic rings. The van der Waals surface area contributed by atoms with Crippen molar-refractivity contribution in [2.24, 2.45) is 5.92 Å². The molecule has 2 fully saturated rings. The molecule has 2 unspecified atom stereocenters. The molecule has 184 valence electrons. The zero-order valence-corrected chi connectivity index (χ0v) is 20.7. The Labute approximate surface area is 203 Å². The fourth-order valence-electron chi connectivity index (χ4n) is 5.26. The number of piperazine rings is 1. The number of methoxy groups -OCH3 is 1. The summed E-state index contributed by atoms with van der Waals surface area (Å²) in [5.74, 6) is 0.689. The lowest BCUT2D eigenvalue weighted by Gasteiger charge is -2.45. The number of ether oxygens (including phenoxy) is 1. The molecule has 2 aliphatic heterocycles. The van der Waals surface area contributed by atoms with Crippen LogP contribution in [0.15, 0.2) is 42.7 Å². The highest BCUT2D eigenvalue weighted by atomic mass is 16.5. The standard InChI is InChI=1S/C26H38N6O2/c1-20-17-31(24-15-28-25(34-3)29-16-24)18-21(2)32(20)26(33)27-12-9-22-10-13-30(14-11-22)19-23-7-5-4-6-8-23/h4-8,15-16,20-22H,9-14,17-19H2,1-3H3,(H,27,33). The van der Waals surface area contributed by atoms with Gasteiger partial charge < -0.3 is 19.9 Å². The van der Waals surface area contributed by atoms with E-state index in [4.69, 9.17) is 4.74 Å². The second kappa shape index (κ2) is 11.5. The Morgan fingerprint density at radius 2 is 1.71 bits per heavy atom. The summed E-state index contributed by atoms with van der Waals surface area (Å²) in [6.45, 7) is 9.78. The van der Waals surface area contributed by atoms with E-state index in [-0.39, 0.29) is 18.1 Å². The number of urea groups is 1. The van der Waals surface area contributed by atoms with Crippen LogP contribution >= 0.6 is 0 Å². The average molecular weight is 467 g/mol. The van der Waals surface area contributed by atoms with E-state index in [1.807, 2.05) is 4.90 Å². The van der Waals surface area contributed by atoms with Crippen LogP contribution in [-0.4, -0.2) is 77.7 Å². The molecule has 1 N–H and O–H groups in total. The van der Waals surface area contributed by atoms with Crippen LogP contribution in [0.25, 0.3) is 0 Å². The van der Waals surface area contributed by atoms with Gasteiger partial charge in [0.15, 0.2) is 0 Å². The number of anilines is 1. The molecule has 34 heavy (non-hydrogen) atoms. The monoisotopic (exact) mass is 466 g/mol. The number of nitrogens with one attached hydrogen (secondary N) is 1. The lowest BCUT2D eigenvalue weighted by atomic mass is 9.93. The Hall–Kier alpha value is -2.87. The number of hydrogen-bond acceptors (Lipinski definition) is 6. The molecule has 2 aliphatic rings. The number of likely N-dealkylation sites (tertiary alicyclic amines) is 1. The van der Waals surface area contributed by atoms with Crippen LogP contribution in [-0.2, 0) is 6.54 Å². The normalized spacial score (nSPS) is 22.0. The zero-order valence-electron chi connectivity index (χ0n) is 20.7. The van der Waals surface area contributed by atoms with Gasteiger partial charge in [-0.1, -0.05) is 30.3 Å². The van der Waals surface area contributed by atoms with Gasteiger partial charge in [-0.05, 0) is 57.7 Å². The van der Waals surface area contributed by atoms with Crippen molar-refractivity contribution in [3.63, 3.8) is 0 Å². The van der Waals surface area contributed by atoms with Crippen LogP contribution < -0.4 is 15.0 Å². The van der Waals surface area contributed by atoms with Crippen molar-refractivity contribution in [3.8, 4) is 6.01 Å². The molecule has 8 nitrogen and oxygen atoms in total. The maximum absolute atomic E-state index is 13.0. The zero-order chi connectivity index (χ0) is 23.9. The predicted molar refractivity (Wildman–Crippen MR) is 134 cm³/mol. The first-order valence-corrected chi connectivity index (χ1v) is 12.5. The van der Waals surface area contributed by atoms with Crippen molar-refractivity contribution in [1.82, 2.24) is 25.1 Å². The van der Waals surface area contributed by atoms with E-state index in [0.29, 0.717) is 11.9 Å². The Morgan fingerprint density at radius 1 is 1.06 bits per heavy atom. The Morgan fingerprint density at radius 3 is 2.32 bits per heavy atom. The van der Waals surface area contributed by atoms with E-state index in [1.165, 1.54) is 18.4 Å². The Balaban J connectivity index is 1.18. The number of benzene rings is 1. The van der Waals surface area contributed by atoms with Crippen molar-refractivity contribution in [3.05, 3.63) is 48.3 Å². The van der Waals surface area contributed by atoms with Gasteiger partial charge in [0.1, 0.15) is 0 Å². The van der Waals surface area contributed by atoms with Crippen molar-refractivity contribution in [1.29, 1.82) is 0 Å². The SMILES string of the molecule is COc1ncc(N2CC(C)N(C(=O)NCCC3CCN(Cc4ccccc4)CC3)C(C)C2)cn1. The van der Waals surface area contributed by atoms with Gasteiger partial charge in [0, 0.05) is 38.3 Å². The summed E-state index contributed by atoms with van der Waals surface area (Å²) in [5.41, 5.74) is 2.34. The third kappa shape index (κ3) is 6.17. The van der Waals surface area contributed by atoms with Gasteiger partial charge in [-0.15, -0.1) is 0 Å². The smallest absolute Gasteiger partial charge is 0.318 e. The molecular formula is C26H38N6O2. The van der Waals surface area contributed by atoms with Gasteiger partial charge >= 0.3 is 12.0 Å². The maximum Gasteiger partial charge on any atom is 0.318 e. The lowest BCUT2D eigenvalue weighted by Crippen LogP contribution is -2.61. The molecule has 0 spiro atoms. The molecule has 0 aliphatic carbocycles. The number of carbonyl (C=O) groups is 1. The fraction of sp³-hybridized carbons (Fsp3) is 0.577. The molecule has 1 aromatic heterocycles. The molecule has 0 saturated carbocycles. The van der Waals surface area contributed by atoms with Crippen LogP contribution in [0.2, 0.25) is 0 Å². The second-order valence-corrected chi connectivity index (χ2v) is 9.66. The highest BCUT2D eigenvalue weighted by Gasteiger charge is 2.33. The van der Waals surface area contributed by atoms with E-state index in [9.17, 15) is 4.79 Å². The van der Waals surface area contributed by atoms with Gasteiger partial charge in [0.2, 0.25) is 0 Å². The largest absolute Gasteiger partial charge is 0.467 e. The molecular weight excluding hydrogens is 428 g/mol. The first kappa shape index (κ1) is 24.3. The lowest BCUT2D eigenvalue weighted by molar-refractivity contribution is 0.139. The van der Waals surface area contributed by atoms with Crippen molar-refractivity contribution < 1.29 is 9.53 Å². The number of carbonyl (C=O) groups excluding carboxylic acids is 1. The topological polar surface area (TPSA) is 73.8 Å². The van der Waals surface area contributed by atoms with Gasteiger partial charge in [-0.25, -0.2) is 14.8 Å². The number of rotatable bonds is 7. The summed E-state index contributed by atoms with van der Waals surface area (Å²) in [6.07, 6.45) is 7.03. The van der Waals surface area contributed by atoms with Crippen LogP contribution in [0, 0.1) is 5.92 Å². The number of hydrogen-bond donors (Lipinski definition) is 1. The number of amides is 2. The van der Waals surface area contributed by atoms with Crippen LogP contribution in [0.4, 0.5) is 10.5 Å². The van der Waals surface area contributed by atoms with Gasteiger partial charge in [-0.3, -0.25) is 4.90 Å². The number of aromatic nitrogens is 2. The van der Waals surface area contributed by atoms with E-state index in [2.05, 4.69) is 69.3 Å². The van der Waals surface area contributed by atoms with E-state index < -0.39 is 0 Å². The first-order chi connectivity index (χ1) is 16.5. The van der Waals surface area contributed by atoms with Gasteiger partial charge in [0.25, 0.3) is 0 Å². The third-order valence-corrected chi connectivity index (χ3v) is 7.10. The summed E-state index contributed by atoms with van der Waals surface area (Å²) in [4.78, 5) is 28.2. The summed E-state index contributed by atoms with van der Waals surface area (Å²) in [7, 11) is 1.56. The molecule has 8 heteroatoms. The molecule has 0 bridgehead atoms. The summed E-state index contributed by atoms with van der Waals surface area (Å²) in [6, 6.07) is 11.3. The Bertz CT molecular complexity index is 889. The van der Waals surface area contributed by atoms with Crippen LogP contribution in [0.1, 0.15) is 38.7 Å². The minimum atomic E-state index is 0.0483. The molecule has 4 rings (SSSR count). The highest BCUT2D eigenvalue weighted by molar-refractivity contribution is 5.75. The average Bonchev–Trinajstić information content (AvgIpc) is 2.85. The van der Waals surface area contributed by atoms with Crippen molar-refractivity contribution >= 4 is 11.7 Å². The first-order valence-electron chi connectivity index (χ1n) is 12.5. The molecule has 2 atom stereocenters. The summed E-state index contributed by atoms with van der Waals surface area (Å²) in [5, 5.41) is 3.19. The van der Waals surface area contributed by atoms with Crippen molar-refractivity contribution in [2.45, 2.75) is 51.7 Å². The molecule has 2 saturated heterocycles. The summed E-state index contributed by atoms with van der Waals surface area (Å²) < 4.78 is 5.05. The molecule has 1 aromatic carbocycles. The maximum atomic E-state index is 13.0. The minimum Gasteiger partial charge on any atom is -0.467 e. The quantitative estimate of drug-likeness (QED) is 0.674. The Kier molecular flexibility index (Phi) is 8.21. The van der Waals surface area contributed by atoms with E-state index in [1.54, 1.807) is 19.5 Å². The van der Waals surface area contributed by atoms with Crippen LogP contribution in [0.5, 0.6) is 6.01 Å².